The van der Waals surface area contributed by atoms with Gasteiger partial charge in [0.1, 0.15) is 0 Å². The summed E-state index contributed by atoms with van der Waals surface area (Å²) < 4.78 is 23.1. The van der Waals surface area contributed by atoms with E-state index in [1.54, 1.807) is 0 Å². The molecule has 1 aliphatic rings. The summed E-state index contributed by atoms with van der Waals surface area (Å²) in [7, 11) is -3.16. The number of carbonyl (C=O) groups is 2. The number of phosphoric ester groups is 1. The van der Waals surface area contributed by atoms with Gasteiger partial charge < -0.3 is 14.2 Å². The van der Waals surface area contributed by atoms with E-state index in [1.165, 1.54) is 0 Å². The minimum Gasteiger partial charge on any atom is -0.372 e. The summed E-state index contributed by atoms with van der Waals surface area (Å²) in [6, 6.07) is 0. The van der Waals surface area contributed by atoms with Crippen LogP contribution >= 0.6 is 7.82 Å². The van der Waals surface area contributed by atoms with Crippen LogP contribution in [-0.2, 0) is 27.7 Å². The molecule has 0 aromatic carbocycles. The van der Waals surface area contributed by atoms with Gasteiger partial charge in [0, 0.05) is 7.11 Å². The van der Waals surface area contributed by atoms with E-state index in [1.807, 2.05) is 0 Å². The van der Waals surface area contributed by atoms with E-state index in [0.29, 0.717) is 0 Å². The van der Waals surface area contributed by atoms with Gasteiger partial charge in [-0.3, -0.25) is 4.52 Å². The van der Waals surface area contributed by atoms with E-state index in [2.05, 4.69) is 13.6 Å². The molecule has 1 saturated heterocycles. The number of aliphatic hydroxyl groups is 1. The van der Waals surface area contributed by atoms with Crippen molar-refractivity contribution in [1.82, 2.24) is 0 Å². The first-order valence-electron chi connectivity index (χ1n) is 2.79. The fourth-order valence-corrected chi connectivity index (χ4v) is 1.34. The molecule has 1 heterocycles. The molecule has 0 atom stereocenters. The van der Waals surface area contributed by atoms with Crippen LogP contribution in [0.4, 0.5) is 0 Å². The highest BCUT2D eigenvalue weighted by atomic mass is 31.2. The smallest absolute Gasteiger partial charge is 0.372 e. The lowest BCUT2D eigenvalue weighted by Crippen LogP contribution is -2.37. The Morgan fingerprint density at radius 2 is 1.83 bits per heavy atom. The number of hydrogen-bond acceptors (Lipinski definition) is 7. The Morgan fingerprint density at radius 1 is 1.42 bits per heavy atom. The van der Waals surface area contributed by atoms with Crippen molar-refractivity contribution in [3.05, 3.63) is 0 Å². The zero-order chi connectivity index (χ0) is 9.35. The molecule has 1 fully saturated rings. The Bertz CT molecular complexity index is 249. The third-order valence-electron chi connectivity index (χ3n) is 1.07. The van der Waals surface area contributed by atoms with E-state index in [9.17, 15) is 14.2 Å². The molecule has 8 heteroatoms. The number of carbonyl (C=O) groups excluding carboxylic acids is 2. The average molecular weight is 196 g/mol. The molecular formula is C4H5O7P. The van der Waals surface area contributed by atoms with Crippen LogP contribution in [0.5, 0.6) is 0 Å². The summed E-state index contributed by atoms with van der Waals surface area (Å²) in [4.78, 5) is 21.1. The largest absolute Gasteiger partial charge is 0.591 e. The van der Waals surface area contributed by atoms with E-state index in [0.717, 1.165) is 7.11 Å². The van der Waals surface area contributed by atoms with E-state index in [4.69, 9.17) is 5.11 Å². The maximum atomic E-state index is 10.9. The van der Waals surface area contributed by atoms with Gasteiger partial charge >= 0.3 is 19.8 Å². The van der Waals surface area contributed by atoms with Crippen molar-refractivity contribution in [2.45, 2.75) is 6.10 Å². The normalized spacial score (nSPS) is 35.7. The quantitative estimate of drug-likeness (QED) is 0.432. The first-order valence-corrected chi connectivity index (χ1v) is 4.25. The topological polar surface area (TPSA) is 99.1 Å². The Labute approximate surface area is 66.8 Å². The molecule has 1 aliphatic heterocycles. The fraction of sp³-hybridized carbons (Fsp3) is 0.500. The standard InChI is InChI=1S/C4H5O7P/c1-9-12(8)10-3(6)2(5)4(7)11-12/h2,5H,1H3. The summed E-state index contributed by atoms with van der Waals surface area (Å²) in [5.41, 5.74) is 0. The Kier molecular flexibility index (Phi) is 2.18. The molecule has 0 radical (unpaired) electrons. The van der Waals surface area contributed by atoms with E-state index in [-0.39, 0.29) is 0 Å². The molecule has 0 aliphatic carbocycles. The summed E-state index contributed by atoms with van der Waals surface area (Å²) in [5, 5.41) is 8.65. The number of aliphatic hydroxyl groups excluding tert-OH is 1. The summed E-state index contributed by atoms with van der Waals surface area (Å²) in [6.45, 7) is 0. The zero-order valence-corrected chi connectivity index (χ0v) is 6.82. The second-order valence-corrected chi connectivity index (χ2v) is 3.48. The molecular weight excluding hydrogens is 191 g/mol. The Hall–Kier alpha value is -0.910. The molecule has 0 aromatic heterocycles. The minimum absolute atomic E-state index is 0.943. The predicted molar refractivity (Wildman–Crippen MR) is 32.8 cm³/mol. The van der Waals surface area contributed by atoms with Crippen molar-refractivity contribution < 1.29 is 32.8 Å². The van der Waals surface area contributed by atoms with Gasteiger partial charge in [-0.05, 0) is 0 Å². The maximum Gasteiger partial charge on any atom is 0.591 e. The molecule has 1 rings (SSSR count). The molecule has 68 valence electrons. The summed E-state index contributed by atoms with van der Waals surface area (Å²) in [6.07, 6.45) is -2.04. The van der Waals surface area contributed by atoms with Crippen LogP contribution in [-0.4, -0.2) is 30.3 Å². The third-order valence-corrected chi connectivity index (χ3v) is 2.33. The molecule has 0 unspecified atom stereocenters. The van der Waals surface area contributed by atoms with Crippen molar-refractivity contribution >= 4 is 19.8 Å². The van der Waals surface area contributed by atoms with Crippen LogP contribution in [0.1, 0.15) is 0 Å². The lowest BCUT2D eigenvalue weighted by atomic mass is 10.4. The Morgan fingerprint density at radius 3 is 2.17 bits per heavy atom. The number of phosphoric acid groups is 1. The van der Waals surface area contributed by atoms with Gasteiger partial charge in [0.2, 0.25) is 0 Å². The molecule has 0 bridgehead atoms. The van der Waals surface area contributed by atoms with Gasteiger partial charge in [0.05, 0.1) is 0 Å². The first-order chi connectivity index (χ1) is 5.48. The molecule has 12 heavy (non-hydrogen) atoms. The van der Waals surface area contributed by atoms with Gasteiger partial charge in [-0.1, -0.05) is 0 Å². The lowest BCUT2D eigenvalue weighted by Gasteiger charge is -2.21. The number of rotatable bonds is 1. The van der Waals surface area contributed by atoms with E-state index >= 15 is 0 Å². The van der Waals surface area contributed by atoms with Crippen molar-refractivity contribution in [2.75, 3.05) is 7.11 Å². The fourth-order valence-electron chi connectivity index (χ4n) is 0.510. The van der Waals surface area contributed by atoms with Crippen LogP contribution < -0.4 is 0 Å². The first kappa shape index (κ1) is 9.18. The second-order valence-electron chi connectivity index (χ2n) is 1.85. The molecule has 0 spiro atoms. The van der Waals surface area contributed by atoms with Crippen molar-refractivity contribution in [3.63, 3.8) is 0 Å². The molecule has 1 N–H and O–H groups in total. The summed E-state index contributed by atoms with van der Waals surface area (Å²) >= 11 is 0. The average Bonchev–Trinajstić information content (AvgIpc) is 2.00. The van der Waals surface area contributed by atoms with Gasteiger partial charge in [-0.15, -0.1) is 0 Å². The van der Waals surface area contributed by atoms with Crippen LogP contribution in [0.2, 0.25) is 0 Å². The van der Waals surface area contributed by atoms with Crippen molar-refractivity contribution in [3.8, 4) is 0 Å². The highest BCUT2D eigenvalue weighted by molar-refractivity contribution is 7.49. The van der Waals surface area contributed by atoms with Gasteiger partial charge in [-0.2, -0.15) is 0 Å². The third kappa shape index (κ3) is 1.47. The molecule has 0 amide bonds. The minimum atomic E-state index is -4.10. The van der Waals surface area contributed by atoms with Gasteiger partial charge in [0.15, 0.2) is 0 Å². The lowest BCUT2D eigenvalue weighted by molar-refractivity contribution is -0.166. The van der Waals surface area contributed by atoms with Crippen LogP contribution in [0, 0.1) is 0 Å². The SMILES string of the molecule is COP1(=O)OC(=O)C(O)C(=O)O1. The van der Waals surface area contributed by atoms with E-state index < -0.39 is 25.9 Å². The second kappa shape index (κ2) is 2.85. The zero-order valence-electron chi connectivity index (χ0n) is 5.92. The van der Waals surface area contributed by atoms with Crippen molar-refractivity contribution in [1.29, 1.82) is 0 Å². The van der Waals surface area contributed by atoms with Crippen LogP contribution in [0.15, 0.2) is 0 Å². The number of hydrogen-bond donors (Lipinski definition) is 1. The molecule has 0 aromatic rings. The van der Waals surface area contributed by atoms with Gasteiger partial charge in [0.25, 0.3) is 6.10 Å². The molecule has 0 saturated carbocycles. The van der Waals surface area contributed by atoms with Crippen LogP contribution in [0.3, 0.4) is 0 Å². The molecule has 7 nitrogen and oxygen atoms in total. The Balaban J connectivity index is 2.86. The predicted octanol–water partition coefficient (Wildman–Crippen LogP) is -0.798. The highest BCUT2D eigenvalue weighted by Crippen LogP contribution is 2.51. The highest BCUT2D eigenvalue weighted by Gasteiger charge is 2.46. The van der Waals surface area contributed by atoms with Crippen LogP contribution in [0.25, 0.3) is 0 Å². The monoisotopic (exact) mass is 196 g/mol. The van der Waals surface area contributed by atoms with Crippen molar-refractivity contribution in [2.24, 2.45) is 0 Å². The maximum absolute atomic E-state index is 10.9. The van der Waals surface area contributed by atoms with Gasteiger partial charge in [-0.25, -0.2) is 14.2 Å². The summed E-state index contributed by atoms with van der Waals surface area (Å²) in [5.74, 6) is -2.67.